The lowest BCUT2D eigenvalue weighted by Crippen LogP contribution is -2.13. The van der Waals surface area contributed by atoms with Crippen molar-refractivity contribution in [3.05, 3.63) is 95.1 Å². The first-order valence-corrected chi connectivity index (χ1v) is 14.0. The normalized spacial score (nSPS) is 12.2. The summed E-state index contributed by atoms with van der Waals surface area (Å²) in [7, 11) is 0. The van der Waals surface area contributed by atoms with Crippen LogP contribution in [0.3, 0.4) is 0 Å². The molecule has 0 bridgehead atoms. The first-order chi connectivity index (χ1) is 19.9. The SMILES string of the molecule is C[C@H](Cc1ccc(O)c(O)c1)[C@@H](C)Cc1ccc(O)c(O)c1.Oc1ccc(CCCCc2ccc(O)c(O)c2)cc1O. The van der Waals surface area contributed by atoms with E-state index in [1.54, 1.807) is 36.4 Å². The highest BCUT2D eigenvalue weighted by molar-refractivity contribution is 5.43. The Bertz CT molecular complexity index is 1360. The Balaban J connectivity index is 0.000000231. The Labute approximate surface area is 246 Å². The van der Waals surface area contributed by atoms with E-state index < -0.39 is 0 Å². The first kappa shape index (κ1) is 31.8. The molecule has 4 aromatic rings. The van der Waals surface area contributed by atoms with Crippen molar-refractivity contribution in [3.8, 4) is 46.0 Å². The van der Waals surface area contributed by atoms with Gasteiger partial charge < -0.3 is 40.9 Å². The predicted octanol–water partition coefficient (Wildman–Crippen LogP) is 6.64. The number of aryl methyl sites for hydroxylation is 2. The molecule has 0 spiro atoms. The molecule has 8 heteroatoms. The van der Waals surface area contributed by atoms with E-state index in [0.717, 1.165) is 60.8 Å². The predicted molar refractivity (Wildman–Crippen MR) is 161 cm³/mol. The molecule has 0 aliphatic rings. The van der Waals surface area contributed by atoms with E-state index >= 15 is 0 Å². The number of hydrogen-bond donors (Lipinski definition) is 8. The van der Waals surface area contributed by atoms with Gasteiger partial charge in [-0.1, -0.05) is 38.1 Å². The van der Waals surface area contributed by atoms with Crippen molar-refractivity contribution in [2.75, 3.05) is 0 Å². The quantitative estimate of drug-likeness (QED) is 0.0769. The van der Waals surface area contributed by atoms with Crippen LogP contribution in [0, 0.1) is 11.8 Å². The summed E-state index contributed by atoms with van der Waals surface area (Å²) >= 11 is 0. The highest BCUT2D eigenvalue weighted by Gasteiger charge is 2.15. The number of benzene rings is 4. The Kier molecular flexibility index (Phi) is 11.2. The standard InChI is InChI=1S/C18H22O4.C16H18O4/c1-11(7-13-3-5-15(19)17(21)9-13)12(2)8-14-4-6-16(20)18(22)10-14;17-13-7-5-11(9-15(13)19)3-1-2-4-12-6-8-14(18)16(20)10-12/h3-6,9-12,19-22H,7-8H2,1-2H3;5-10,17-20H,1-4H2/t11-,12+;. The molecule has 0 saturated heterocycles. The molecule has 4 aromatic carbocycles. The van der Waals surface area contributed by atoms with Crippen molar-refractivity contribution >= 4 is 0 Å². The molecule has 0 radical (unpaired) electrons. The molecule has 0 unspecified atom stereocenters. The lowest BCUT2D eigenvalue weighted by Gasteiger charge is -2.20. The van der Waals surface area contributed by atoms with Crippen molar-refractivity contribution in [1.29, 1.82) is 0 Å². The molecule has 4 rings (SSSR count). The Hall–Kier alpha value is -4.72. The number of hydrogen-bond acceptors (Lipinski definition) is 8. The topological polar surface area (TPSA) is 162 Å². The molecule has 224 valence electrons. The van der Waals surface area contributed by atoms with Gasteiger partial charge in [-0.05, 0) is 121 Å². The molecular formula is C34H40O8. The Morgan fingerprint density at radius 3 is 0.929 bits per heavy atom. The number of rotatable bonds is 10. The van der Waals surface area contributed by atoms with Crippen LogP contribution in [0.25, 0.3) is 0 Å². The summed E-state index contributed by atoms with van der Waals surface area (Å²) in [6.45, 7) is 4.27. The lowest BCUT2D eigenvalue weighted by atomic mass is 9.85. The van der Waals surface area contributed by atoms with E-state index in [0.29, 0.717) is 11.8 Å². The lowest BCUT2D eigenvalue weighted by molar-refractivity contribution is 0.377. The fraction of sp³-hybridized carbons (Fsp3) is 0.294. The maximum Gasteiger partial charge on any atom is 0.157 e. The molecule has 0 heterocycles. The molecule has 0 saturated carbocycles. The zero-order valence-corrected chi connectivity index (χ0v) is 23.9. The summed E-state index contributed by atoms with van der Waals surface area (Å²) in [5.74, 6) is -0.0759. The van der Waals surface area contributed by atoms with E-state index in [-0.39, 0.29) is 46.0 Å². The summed E-state index contributed by atoms with van der Waals surface area (Å²) in [4.78, 5) is 0. The highest BCUT2D eigenvalue weighted by atomic mass is 16.3. The van der Waals surface area contributed by atoms with E-state index in [2.05, 4.69) is 13.8 Å². The molecule has 0 amide bonds. The summed E-state index contributed by atoms with van der Waals surface area (Å²) < 4.78 is 0. The van der Waals surface area contributed by atoms with Crippen LogP contribution in [0.5, 0.6) is 46.0 Å². The number of unbranched alkanes of at least 4 members (excludes halogenated alkanes) is 1. The zero-order valence-electron chi connectivity index (χ0n) is 23.9. The summed E-state index contributed by atoms with van der Waals surface area (Å²) in [5, 5.41) is 75.0. The second-order valence-electron chi connectivity index (χ2n) is 10.9. The van der Waals surface area contributed by atoms with Gasteiger partial charge in [0.05, 0.1) is 0 Å². The molecule has 42 heavy (non-hydrogen) atoms. The number of aromatic hydroxyl groups is 8. The van der Waals surface area contributed by atoms with Crippen molar-refractivity contribution < 1.29 is 40.9 Å². The number of phenolic OH excluding ortho intramolecular Hbond substituents is 8. The summed E-state index contributed by atoms with van der Waals surface area (Å²) in [5.41, 5.74) is 3.91. The van der Waals surface area contributed by atoms with Crippen LogP contribution in [-0.2, 0) is 25.7 Å². The van der Waals surface area contributed by atoms with Crippen LogP contribution in [-0.4, -0.2) is 40.9 Å². The first-order valence-electron chi connectivity index (χ1n) is 14.0. The maximum atomic E-state index is 9.54. The van der Waals surface area contributed by atoms with Crippen LogP contribution in [0.2, 0.25) is 0 Å². The molecule has 0 aliphatic heterocycles. The third-order valence-electron chi connectivity index (χ3n) is 7.43. The van der Waals surface area contributed by atoms with Gasteiger partial charge in [-0.25, -0.2) is 0 Å². The monoisotopic (exact) mass is 576 g/mol. The zero-order chi connectivity index (χ0) is 30.8. The Morgan fingerprint density at radius 1 is 0.381 bits per heavy atom. The van der Waals surface area contributed by atoms with Crippen molar-refractivity contribution in [2.45, 2.75) is 52.4 Å². The van der Waals surface area contributed by atoms with Crippen molar-refractivity contribution in [3.63, 3.8) is 0 Å². The van der Waals surface area contributed by atoms with E-state index in [1.807, 2.05) is 12.1 Å². The van der Waals surface area contributed by atoms with Gasteiger partial charge in [-0.15, -0.1) is 0 Å². The average Bonchev–Trinajstić information content (AvgIpc) is 2.95. The molecule has 2 atom stereocenters. The molecule has 8 N–H and O–H groups in total. The smallest absolute Gasteiger partial charge is 0.157 e. The molecule has 8 nitrogen and oxygen atoms in total. The van der Waals surface area contributed by atoms with Crippen LogP contribution in [0.1, 0.15) is 48.9 Å². The fourth-order valence-electron chi connectivity index (χ4n) is 4.65. The molecule has 0 aliphatic carbocycles. The molecule has 0 fully saturated rings. The Morgan fingerprint density at radius 2 is 0.643 bits per heavy atom. The minimum absolute atomic E-state index is 0.0917. The van der Waals surface area contributed by atoms with Crippen LogP contribution in [0.15, 0.2) is 72.8 Å². The highest BCUT2D eigenvalue weighted by Crippen LogP contribution is 2.31. The maximum absolute atomic E-state index is 9.54. The van der Waals surface area contributed by atoms with Crippen LogP contribution >= 0.6 is 0 Å². The van der Waals surface area contributed by atoms with Gasteiger partial charge in [0.1, 0.15) is 0 Å². The molecular weight excluding hydrogens is 536 g/mol. The minimum atomic E-state index is -0.107. The minimum Gasteiger partial charge on any atom is -0.504 e. The largest absolute Gasteiger partial charge is 0.504 e. The van der Waals surface area contributed by atoms with Crippen LogP contribution < -0.4 is 0 Å². The second kappa shape index (κ2) is 14.8. The second-order valence-corrected chi connectivity index (χ2v) is 10.9. The van der Waals surface area contributed by atoms with Crippen molar-refractivity contribution in [2.24, 2.45) is 11.8 Å². The van der Waals surface area contributed by atoms with Gasteiger partial charge in [0, 0.05) is 0 Å². The molecule has 0 aromatic heterocycles. The summed E-state index contributed by atoms with van der Waals surface area (Å²) in [6.07, 6.45) is 5.09. The average molecular weight is 577 g/mol. The van der Waals surface area contributed by atoms with Gasteiger partial charge in [-0.2, -0.15) is 0 Å². The van der Waals surface area contributed by atoms with E-state index in [9.17, 15) is 40.9 Å². The fourth-order valence-corrected chi connectivity index (χ4v) is 4.65. The van der Waals surface area contributed by atoms with E-state index in [1.165, 1.54) is 24.3 Å². The third kappa shape index (κ3) is 9.44. The third-order valence-corrected chi connectivity index (χ3v) is 7.43. The van der Waals surface area contributed by atoms with Gasteiger partial charge in [0.25, 0.3) is 0 Å². The van der Waals surface area contributed by atoms with Crippen molar-refractivity contribution in [1.82, 2.24) is 0 Å². The van der Waals surface area contributed by atoms with E-state index in [4.69, 9.17) is 0 Å². The van der Waals surface area contributed by atoms with Crippen LogP contribution in [0.4, 0.5) is 0 Å². The number of phenols is 8. The van der Waals surface area contributed by atoms with Gasteiger partial charge in [0.2, 0.25) is 0 Å². The van der Waals surface area contributed by atoms with Gasteiger partial charge in [0.15, 0.2) is 46.0 Å². The van der Waals surface area contributed by atoms with Gasteiger partial charge in [-0.3, -0.25) is 0 Å². The van der Waals surface area contributed by atoms with Gasteiger partial charge >= 0.3 is 0 Å². The summed E-state index contributed by atoms with van der Waals surface area (Å²) in [6, 6.07) is 19.5.